The lowest BCUT2D eigenvalue weighted by molar-refractivity contribution is -0.122. The van der Waals surface area contributed by atoms with Gasteiger partial charge >= 0.3 is 0 Å². The van der Waals surface area contributed by atoms with Gasteiger partial charge < -0.3 is 5.32 Å². The molecule has 0 radical (unpaired) electrons. The molecule has 172 valence electrons. The zero-order valence-electron chi connectivity index (χ0n) is 19.0. The van der Waals surface area contributed by atoms with Crippen LogP contribution in [-0.4, -0.2) is 58.1 Å². The molecule has 3 heterocycles. The zero-order valence-corrected chi connectivity index (χ0v) is 19.8. The molecule has 0 unspecified atom stereocenters. The number of carbonyl (C=O) groups is 1. The van der Waals surface area contributed by atoms with E-state index in [0.29, 0.717) is 45.2 Å². The van der Waals surface area contributed by atoms with Gasteiger partial charge in [0.1, 0.15) is 0 Å². The molecule has 0 aliphatic carbocycles. The first-order valence-electron chi connectivity index (χ1n) is 11.3. The predicted molar refractivity (Wildman–Crippen MR) is 125 cm³/mol. The Morgan fingerprint density at radius 1 is 1.19 bits per heavy atom. The molecule has 4 rings (SSSR count). The van der Waals surface area contributed by atoms with Gasteiger partial charge in [0.15, 0.2) is 5.65 Å². The van der Waals surface area contributed by atoms with E-state index < -0.39 is 10.0 Å². The Labute approximate surface area is 189 Å². The highest BCUT2D eigenvalue weighted by Gasteiger charge is 2.28. The van der Waals surface area contributed by atoms with E-state index in [9.17, 15) is 13.2 Å². The molecule has 1 aliphatic rings. The Morgan fingerprint density at radius 3 is 2.62 bits per heavy atom. The van der Waals surface area contributed by atoms with Crippen molar-refractivity contribution >= 4 is 32.5 Å². The largest absolute Gasteiger partial charge is 0.353 e. The van der Waals surface area contributed by atoms with Crippen molar-refractivity contribution in [2.75, 3.05) is 18.8 Å². The van der Waals surface area contributed by atoms with Crippen molar-refractivity contribution in [3.05, 3.63) is 41.2 Å². The highest BCUT2D eigenvalue weighted by atomic mass is 32.2. The topological polar surface area (TPSA) is 96.7 Å². The number of amides is 1. The molecular formula is C23H31N5O3S. The van der Waals surface area contributed by atoms with Crippen molar-refractivity contribution in [3.8, 4) is 0 Å². The molecule has 3 aromatic rings. The van der Waals surface area contributed by atoms with Crippen LogP contribution in [0.4, 0.5) is 0 Å². The summed E-state index contributed by atoms with van der Waals surface area (Å²) in [6, 6.07) is 7.97. The third kappa shape index (κ3) is 4.49. The molecular weight excluding hydrogens is 426 g/mol. The summed E-state index contributed by atoms with van der Waals surface area (Å²) >= 11 is 0. The molecule has 1 N–H and O–H groups in total. The SMILES string of the molecule is CCCS(=O)(=O)N1CCC(NC(=O)CCc2c(C)nc3c4ccccc4nn3c2C)CC1. The number of nitrogens with one attached hydrogen (secondary N) is 1. The fourth-order valence-electron chi connectivity index (χ4n) is 4.54. The van der Waals surface area contributed by atoms with Crippen LogP contribution in [0, 0.1) is 13.8 Å². The fourth-order valence-corrected chi connectivity index (χ4v) is 6.08. The molecule has 1 aromatic carbocycles. The number of sulfonamides is 1. The number of rotatable bonds is 7. The maximum Gasteiger partial charge on any atom is 0.220 e. The minimum absolute atomic E-state index is 0.00983. The zero-order chi connectivity index (χ0) is 22.9. The summed E-state index contributed by atoms with van der Waals surface area (Å²) < 4.78 is 27.9. The van der Waals surface area contributed by atoms with Crippen LogP contribution in [0.3, 0.4) is 0 Å². The molecule has 1 aliphatic heterocycles. The number of piperidine rings is 1. The van der Waals surface area contributed by atoms with Gasteiger partial charge in [0.25, 0.3) is 0 Å². The van der Waals surface area contributed by atoms with Gasteiger partial charge in [-0.3, -0.25) is 4.79 Å². The van der Waals surface area contributed by atoms with Gasteiger partial charge in [0.2, 0.25) is 15.9 Å². The third-order valence-electron chi connectivity index (χ3n) is 6.29. The van der Waals surface area contributed by atoms with Crippen LogP contribution < -0.4 is 5.32 Å². The van der Waals surface area contributed by atoms with E-state index in [2.05, 4.69) is 10.4 Å². The minimum Gasteiger partial charge on any atom is -0.353 e. The Balaban J connectivity index is 1.38. The normalized spacial score (nSPS) is 16.1. The van der Waals surface area contributed by atoms with E-state index in [4.69, 9.17) is 4.98 Å². The standard InChI is InChI=1S/C23H31N5O3S/c1-4-15-32(30,31)27-13-11-18(12-14-27)25-22(29)10-9-19-16(2)24-23-20-7-5-6-8-21(20)26-28(23)17(19)3/h5-8,18H,4,9-15H2,1-3H3,(H,25,29). The number of aromatic nitrogens is 3. The van der Waals surface area contributed by atoms with Crippen LogP contribution in [0.5, 0.6) is 0 Å². The first-order valence-corrected chi connectivity index (χ1v) is 12.9. The Hall–Kier alpha value is -2.52. The van der Waals surface area contributed by atoms with Gasteiger partial charge in [-0.1, -0.05) is 19.1 Å². The summed E-state index contributed by atoms with van der Waals surface area (Å²) in [6.45, 7) is 6.82. The van der Waals surface area contributed by atoms with E-state index in [1.807, 2.05) is 49.6 Å². The summed E-state index contributed by atoms with van der Waals surface area (Å²) in [5.74, 6) is 0.178. The highest BCUT2D eigenvalue weighted by Crippen LogP contribution is 2.23. The molecule has 0 saturated carbocycles. The van der Waals surface area contributed by atoms with Gasteiger partial charge in [-0.15, -0.1) is 0 Å². The average molecular weight is 458 g/mol. The van der Waals surface area contributed by atoms with Crippen molar-refractivity contribution in [1.82, 2.24) is 24.2 Å². The lowest BCUT2D eigenvalue weighted by atomic mass is 10.0. The Kier molecular flexibility index (Phi) is 6.48. The molecule has 0 atom stereocenters. The van der Waals surface area contributed by atoms with Crippen LogP contribution in [0.25, 0.3) is 16.6 Å². The number of aryl methyl sites for hydroxylation is 2. The van der Waals surface area contributed by atoms with Crippen LogP contribution in [0.2, 0.25) is 0 Å². The van der Waals surface area contributed by atoms with Crippen molar-refractivity contribution in [3.63, 3.8) is 0 Å². The van der Waals surface area contributed by atoms with Gasteiger partial charge in [-0.2, -0.15) is 5.10 Å². The second-order valence-corrected chi connectivity index (χ2v) is 10.7. The average Bonchev–Trinajstić information content (AvgIpc) is 3.13. The monoisotopic (exact) mass is 457 g/mol. The number of hydrogen-bond acceptors (Lipinski definition) is 5. The third-order valence-corrected chi connectivity index (χ3v) is 8.37. The summed E-state index contributed by atoms with van der Waals surface area (Å²) in [5, 5.41) is 8.79. The summed E-state index contributed by atoms with van der Waals surface area (Å²) in [5.41, 5.74) is 4.72. The molecule has 1 saturated heterocycles. The van der Waals surface area contributed by atoms with E-state index in [0.717, 1.165) is 33.5 Å². The van der Waals surface area contributed by atoms with Crippen LogP contribution in [0.15, 0.2) is 24.3 Å². The summed E-state index contributed by atoms with van der Waals surface area (Å²) in [6.07, 6.45) is 2.88. The summed E-state index contributed by atoms with van der Waals surface area (Å²) in [4.78, 5) is 17.4. The second kappa shape index (κ2) is 9.15. The number of benzene rings is 1. The second-order valence-electron chi connectivity index (χ2n) is 8.57. The van der Waals surface area contributed by atoms with Gasteiger partial charge in [0.05, 0.1) is 11.3 Å². The molecule has 9 heteroatoms. The van der Waals surface area contributed by atoms with Crippen molar-refractivity contribution in [2.24, 2.45) is 0 Å². The van der Waals surface area contributed by atoms with E-state index >= 15 is 0 Å². The predicted octanol–water partition coefficient (Wildman–Crippen LogP) is 2.75. The molecule has 0 bridgehead atoms. The fraction of sp³-hybridized carbons (Fsp3) is 0.522. The first kappa shape index (κ1) is 22.7. The van der Waals surface area contributed by atoms with Crippen molar-refractivity contribution in [1.29, 1.82) is 0 Å². The molecule has 8 nitrogen and oxygen atoms in total. The lowest BCUT2D eigenvalue weighted by Crippen LogP contribution is -2.47. The van der Waals surface area contributed by atoms with Crippen LogP contribution in [0.1, 0.15) is 49.6 Å². The van der Waals surface area contributed by atoms with E-state index in [1.165, 1.54) is 0 Å². The number of hydrogen-bond donors (Lipinski definition) is 1. The Morgan fingerprint density at radius 2 is 1.91 bits per heavy atom. The number of fused-ring (bicyclic) bond motifs is 3. The van der Waals surface area contributed by atoms with Crippen LogP contribution in [-0.2, 0) is 21.2 Å². The number of carbonyl (C=O) groups excluding carboxylic acids is 1. The highest BCUT2D eigenvalue weighted by molar-refractivity contribution is 7.89. The lowest BCUT2D eigenvalue weighted by Gasteiger charge is -2.31. The van der Waals surface area contributed by atoms with E-state index in [1.54, 1.807) is 4.31 Å². The van der Waals surface area contributed by atoms with Gasteiger partial charge in [0, 0.05) is 42.3 Å². The van der Waals surface area contributed by atoms with Gasteiger partial charge in [-0.05, 0) is 57.2 Å². The maximum atomic E-state index is 12.6. The molecule has 32 heavy (non-hydrogen) atoms. The smallest absolute Gasteiger partial charge is 0.220 e. The van der Waals surface area contributed by atoms with Crippen molar-refractivity contribution < 1.29 is 13.2 Å². The van der Waals surface area contributed by atoms with Crippen LogP contribution >= 0.6 is 0 Å². The molecule has 1 amide bonds. The molecule has 1 fully saturated rings. The minimum atomic E-state index is -3.16. The molecule has 2 aromatic heterocycles. The van der Waals surface area contributed by atoms with E-state index in [-0.39, 0.29) is 17.7 Å². The maximum absolute atomic E-state index is 12.6. The Bertz CT molecular complexity index is 1240. The molecule has 0 spiro atoms. The number of nitrogens with zero attached hydrogens (tertiary/aromatic N) is 4. The van der Waals surface area contributed by atoms with Gasteiger partial charge in [-0.25, -0.2) is 22.2 Å². The first-order chi connectivity index (χ1) is 15.3. The van der Waals surface area contributed by atoms with Crippen molar-refractivity contribution in [2.45, 2.75) is 58.9 Å². The quantitative estimate of drug-likeness (QED) is 0.588. The summed E-state index contributed by atoms with van der Waals surface area (Å²) in [7, 11) is -3.16.